The van der Waals surface area contributed by atoms with E-state index < -0.39 is 66.0 Å². The van der Waals surface area contributed by atoms with Crippen LogP contribution < -0.4 is 10.6 Å². The van der Waals surface area contributed by atoms with Crippen LogP contribution >= 0.6 is 23.2 Å². The molecule has 1 aliphatic heterocycles. The molecule has 4 unspecified atom stereocenters. The number of fused-ring (bicyclic) bond motifs is 8. The predicted octanol–water partition coefficient (Wildman–Crippen LogP) is 5.06. The first-order valence-corrected chi connectivity index (χ1v) is 20.4. The zero-order chi connectivity index (χ0) is 37.7. The molecular weight excluding hydrogens is 819 g/mol. The molecule has 0 bridgehead atoms. The molecule has 52 heavy (non-hydrogen) atoms. The third kappa shape index (κ3) is 6.87. The van der Waals surface area contributed by atoms with Gasteiger partial charge in [-0.3, -0.25) is 18.2 Å². The highest BCUT2D eigenvalue weighted by atomic mass is 35.5. The van der Waals surface area contributed by atoms with Gasteiger partial charge in [-0.2, -0.15) is 33.7 Å². The summed E-state index contributed by atoms with van der Waals surface area (Å²) in [5.41, 5.74) is -1.30. The second-order valence-corrected chi connectivity index (χ2v) is 16.4. The molecule has 0 aromatic heterocycles. The second kappa shape index (κ2) is 12.6. The number of hydrogen-bond acceptors (Lipinski definition) is 14. The smallest absolute Gasteiger partial charge is 0.351 e. The summed E-state index contributed by atoms with van der Waals surface area (Å²) in [5.74, 6) is 0. The lowest BCUT2D eigenvalue weighted by atomic mass is 9.79. The van der Waals surface area contributed by atoms with Crippen LogP contribution in [-0.4, -0.2) is 51.9 Å². The number of hydrogen-bond donors (Lipinski definition) is 6. The first-order chi connectivity index (χ1) is 24.1. The third-order valence-corrected chi connectivity index (χ3v) is 10.6. The van der Waals surface area contributed by atoms with Crippen molar-refractivity contribution in [2.75, 3.05) is 10.6 Å². The van der Waals surface area contributed by atoms with E-state index in [0.29, 0.717) is 0 Å². The van der Waals surface area contributed by atoms with Crippen molar-refractivity contribution in [2.45, 2.75) is 24.4 Å². The molecule has 0 amide bonds. The first kappa shape index (κ1) is 36.9. The predicted molar refractivity (Wildman–Crippen MR) is 180 cm³/mol. The van der Waals surface area contributed by atoms with E-state index >= 15 is 0 Å². The van der Waals surface area contributed by atoms with E-state index in [9.17, 15) is 51.9 Å². The summed E-state index contributed by atoms with van der Waals surface area (Å²) in [5, 5.41) is 5.43. The molecule has 4 atom stereocenters. The van der Waals surface area contributed by atoms with Crippen LogP contribution in [0.25, 0.3) is 0 Å². The average Bonchev–Trinajstić information content (AvgIpc) is 3.01. The fourth-order valence-corrected chi connectivity index (χ4v) is 8.95. The Labute approximate surface area is 305 Å². The lowest BCUT2D eigenvalue weighted by molar-refractivity contribution is 0.179. The van der Waals surface area contributed by atoms with E-state index in [4.69, 9.17) is 39.9 Å². The fraction of sp³-hybridized carbons (Fsp3) is 0.143. The molecule has 0 radical (unpaired) electrons. The van der Waals surface area contributed by atoms with Gasteiger partial charge in [0.15, 0.2) is 0 Å². The standard InChI is InChI=1S/C28H20Cl2N2O16S4/c29-17-9-15-19(27(47-51(39,40)41)13-7-3-1-5-11(13)25(15)45-49(33,34)35)23-21(17)32-24-20-16(10-18(30)22(24)31-23)26(46-50(36,37)38)12-6-2-4-8-14(12)28(20)48-52(42,43)44/h1-10,25-28,31-32H,(H,33,34,35)(H,36,37,38)(H,39,40,41)(H,42,43,44). The van der Waals surface area contributed by atoms with Crippen LogP contribution in [0, 0.1) is 0 Å². The van der Waals surface area contributed by atoms with Gasteiger partial charge in [0.05, 0.1) is 32.8 Å². The minimum Gasteiger partial charge on any atom is -0.351 e. The van der Waals surface area contributed by atoms with E-state index in [-0.39, 0.29) is 77.3 Å². The molecule has 3 aliphatic rings. The summed E-state index contributed by atoms with van der Waals surface area (Å²) < 4.78 is 156. The van der Waals surface area contributed by atoms with Crippen LogP contribution in [0.2, 0.25) is 10.0 Å². The van der Waals surface area contributed by atoms with Crippen molar-refractivity contribution >= 4 is 87.5 Å². The zero-order valence-corrected chi connectivity index (χ0v) is 29.9. The van der Waals surface area contributed by atoms with Crippen LogP contribution in [-0.2, 0) is 58.3 Å². The van der Waals surface area contributed by atoms with Gasteiger partial charge in [0, 0.05) is 11.1 Å². The van der Waals surface area contributed by atoms with Gasteiger partial charge >= 0.3 is 41.6 Å². The van der Waals surface area contributed by atoms with E-state index in [2.05, 4.69) is 10.6 Å². The van der Waals surface area contributed by atoms with Gasteiger partial charge in [0.25, 0.3) is 0 Å². The number of halogens is 2. The molecule has 24 heteroatoms. The van der Waals surface area contributed by atoms with Gasteiger partial charge in [0.1, 0.15) is 24.4 Å². The molecule has 0 fully saturated rings. The van der Waals surface area contributed by atoms with Crippen LogP contribution in [0.3, 0.4) is 0 Å². The summed E-state index contributed by atoms with van der Waals surface area (Å²) in [7, 11) is -20.9. The van der Waals surface area contributed by atoms with Crippen molar-refractivity contribution in [1.29, 1.82) is 0 Å². The molecule has 7 rings (SSSR count). The third-order valence-electron chi connectivity index (χ3n) is 8.29. The highest BCUT2D eigenvalue weighted by Gasteiger charge is 2.45. The Hall–Kier alpha value is -3.46. The summed E-state index contributed by atoms with van der Waals surface area (Å²) in [6.45, 7) is 0. The van der Waals surface area contributed by atoms with Crippen LogP contribution in [0.4, 0.5) is 22.7 Å². The molecular formula is C28H20Cl2N2O16S4. The van der Waals surface area contributed by atoms with Crippen molar-refractivity contribution in [2.24, 2.45) is 0 Å². The minimum absolute atomic E-state index is 0.00214. The SMILES string of the molecule is O=S(=O)(O)OC1c2ccccc2C(OS(=O)(=O)O)c2c1cc(Cl)c1c2Nc2c(Cl)cc3c(c2N1)C(OS(=O)(=O)O)c1ccccc1C3OS(=O)(=O)O. The molecule has 1 heterocycles. The molecule has 2 aliphatic carbocycles. The molecule has 0 spiro atoms. The van der Waals surface area contributed by atoms with Crippen LogP contribution in [0.15, 0.2) is 60.7 Å². The highest BCUT2D eigenvalue weighted by molar-refractivity contribution is 7.81. The lowest BCUT2D eigenvalue weighted by Crippen LogP contribution is -2.28. The Morgan fingerprint density at radius 3 is 1.00 bits per heavy atom. The van der Waals surface area contributed by atoms with Crippen LogP contribution in [0.1, 0.15) is 68.9 Å². The molecule has 276 valence electrons. The zero-order valence-electron chi connectivity index (χ0n) is 25.2. The van der Waals surface area contributed by atoms with Gasteiger partial charge in [-0.05, 0) is 45.5 Å². The minimum atomic E-state index is -5.25. The average molecular weight is 840 g/mol. The van der Waals surface area contributed by atoms with Crippen molar-refractivity contribution in [3.63, 3.8) is 0 Å². The fourth-order valence-electron chi connectivity index (χ4n) is 6.64. The molecule has 4 aromatic rings. The van der Waals surface area contributed by atoms with Gasteiger partial charge in [0.2, 0.25) is 0 Å². The monoisotopic (exact) mass is 838 g/mol. The summed E-state index contributed by atoms with van der Waals surface area (Å²) >= 11 is 13.5. The Morgan fingerprint density at radius 2 is 0.712 bits per heavy atom. The summed E-state index contributed by atoms with van der Waals surface area (Å²) in [6.07, 6.45) is -6.77. The van der Waals surface area contributed by atoms with E-state index in [0.717, 1.165) is 12.1 Å². The molecule has 0 saturated heterocycles. The van der Waals surface area contributed by atoms with Gasteiger partial charge < -0.3 is 10.6 Å². The number of nitrogens with one attached hydrogen (secondary N) is 2. The Kier molecular flexibility index (Phi) is 8.91. The Bertz CT molecular complexity index is 2470. The quantitative estimate of drug-likeness (QED) is 0.111. The number of benzene rings is 4. The molecule has 18 nitrogen and oxygen atoms in total. The first-order valence-electron chi connectivity index (χ1n) is 14.2. The summed E-state index contributed by atoms with van der Waals surface area (Å²) in [6, 6.07) is 13.5. The normalized spacial score (nSPS) is 20.6. The van der Waals surface area contributed by atoms with Gasteiger partial charge in [-0.25, -0.2) is 16.7 Å². The van der Waals surface area contributed by atoms with E-state index in [1.165, 1.54) is 48.5 Å². The van der Waals surface area contributed by atoms with E-state index in [1.54, 1.807) is 0 Å². The maximum Gasteiger partial charge on any atom is 0.398 e. The van der Waals surface area contributed by atoms with Crippen molar-refractivity contribution in [3.8, 4) is 0 Å². The highest BCUT2D eigenvalue weighted by Crippen LogP contribution is 2.59. The number of rotatable bonds is 8. The Balaban J connectivity index is 1.50. The number of anilines is 4. The van der Waals surface area contributed by atoms with Crippen molar-refractivity contribution in [3.05, 3.63) is 115 Å². The van der Waals surface area contributed by atoms with Crippen LogP contribution in [0.5, 0.6) is 0 Å². The largest absolute Gasteiger partial charge is 0.398 e. The van der Waals surface area contributed by atoms with E-state index in [1.807, 2.05) is 0 Å². The van der Waals surface area contributed by atoms with Gasteiger partial charge in [-0.15, -0.1) is 0 Å². The maximum atomic E-state index is 12.2. The van der Waals surface area contributed by atoms with Gasteiger partial charge in [-0.1, -0.05) is 71.7 Å². The topological polar surface area (TPSA) is 278 Å². The molecule has 6 N–H and O–H groups in total. The summed E-state index contributed by atoms with van der Waals surface area (Å²) in [4.78, 5) is 0. The Morgan fingerprint density at radius 1 is 0.442 bits per heavy atom. The molecule has 4 aromatic carbocycles. The lowest BCUT2D eigenvalue weighted by Gasteiger charge is -2.39. The molecule has 0 saturated carbocycles. The van der Waals surface area contributed by atoms with Crippen molar-refractivity contribution < 1.29 is 68.6 Å². The van der Waals surface area contributed by atoms with Crippen molar-refractivity contribution in [1.82, 2.24) is 0 Å². The second-order valence-electron chi connectivity index (χ2n) is 11.3. The maximum absolute atomic E-state index is 12.2.